The van der Waals surface area contributed by atoms with Gasteiger partial charge in [0.1, 0.15) is 41.7 Å². The van der Waals surface area contributed by atoms with E-state index in [0.717, 1.165) is 0 Å². The summed E-state index contributed by atoms with van der Waals surface area (Å²) in [6.45, 7) is 5.55. The van der Waals surface area contributed by atoms with Crippen LogP contribution in [0.3, 0.4) is 0 Å². The number of aromatic hydroxyl groups is 2. The lowest BCUT2D eigenvalue weighted by atomic mass is 9.99. The van der Waals surface area contributed by atoms with Crippen LogP contribution >= 0.6 is 0 Å². The molecule has 0 aromatic heterocycles. The quantitative estimate of drug-likeness (QED) is 0.0282. The normalized spacial score (nSPS) is 13.4. The van der Waals surface area contributed by atoms with E-state index < -0.39 is 114 Å². The number of nitrogens with two attached hydrogens (primary N) is 1. The Kier molecular flexibility index (Phi) is 22.8. The van der Waals surface area contributed by atoms with Crippen molar-refractivity contribution in [1.29, 1.82) is 0 Å². The summed E-state index contributed by atoms with van der Waals surface area (Å²) in [7, 11) is 0. The summed E-state index contributed by atoms with van der Waals surface area (Å²) in [5, 5.41) is 50.0. The van der Waals surface area contributed by atoms with Crippen LogP contribution in [-0.2, 0) is 70.6 Å². The molecular weight excluding hydrogens is 1020 g/mol. The molecule has 6 atom stereocenters. The Morgan fingerprint density at radius 3 is 1.35 bits per heavy atom. The second-order valence-corrected chi connectivity index (χ2v) is 20.0. The average molecular weight is 1090 g/mol. The van der Waals surface area contributed by atoms with Crippen LogP contribution in [0.15, 0.2) is 119 Å². The van der Waals surface area contributed by atoms with Gasteiger partial charge < -0.3 is 63.6 Å². The molecule has 0 radical (unpaired) electrons. The van der Waals surface area contributed by atoms with E-state index in [4.69, 9.17) is 5.73 Å². The predicted octanol–water partition coefficient (Wildman–Crippen LogP) is 0.737. The lowest BCUT2D eigenvalue weighted by Gasteiger charge is -2.27. The summed E-state index contributed by atoms with van der Waals surface area (Å²) in [6.07, 6.45) is 0.170. The van der Waals surface area contributed by atoms with Gasteiger partial charge in [-0.2, -0.15) is 0 Å². The number of hydrogen-bond donors (Lipinski definition) is 12. The maximum atomic E-state index is 14.2. The van der Waals surface area contributed by atoms with Gasteiger partial charge in [-0.05, 0) is 77.6 Å². The number of phenolic OH excluding ortho intramolecular Hbond substituents is 2. The SMILES string of the molecule is CC(C)C[C@H](NC(=O)[C@H](Cc1ccccc1)NC(=O)[C@H](CC(C)C)NC(=O)[C@H](Cc1ccccc1)NC(=O)CNc1c(CNC(=O)[C@H](Cc2ccc(O)cc2)NC(=O)CNC(=O)[C@@H](N)Cc2ccc(O)cc2)c(=O)c1=O)C(=O)O. The Hall–Kier alpha value is -8.92. The van der Waals surface area contributed by atoms with E-state index in [1.54, 1.807) is 72.8 Å². The number of carboxylic acids is 1. The molecule has 13 N–H and O–H groups in total. The topological polar surface area (TPSA) is 354 Å². The lowest BCUT2D eigenvalue weighted by Crippen LogP contribution is -2.59. The molecule has 420 valence electrons. The monoisotopic (exact) mass is 1090 g/mol. The fourth-order valence-corrected chi connectivity index (χ4v) is 8.44. The van der Waals surface area contributed by atoms with Crippen LogP contribution in [0.25, 0.3) is 0 Å². The van der Waals surface area contributed by atoms with E-state index >= 15 is 0 Å². The molecule has 7 amide bonds. The van der Waals surface area contributed by atoms with Crippen LogP contribution in [0.2, 0.25) is 0 Å². The zero-order valence-electron chi connectivity index (χ0n) is 44.4. The second-order valence-electron chi connectivity index (χ2n) is 20.0. The van der Waals surface area contributed by atoms with E-state index in [0.29, 0.717) is 22.3 Å². The molecule has 0 aliphatic heterocycles. The van der Waals surface area contributed by atoms with Crippen molar-refractivity contribution in [2.45, 2.75) is 109 Å². The molecule has 22 nitrogen and oxygen atoms in total. The fraction of sp³-hybridized carbons (Fsp3) is 0.368. The number of rotatable bonds is 30. The van der Waals surface area contributed by atoms with Gasteiger partial charge in [0.2, 0.25) is 52.2 Å². The van der Waals surface area contributed by atoms with E-state index in [1.807, 2.05) is 27.7 Å². The van der Waals surface area contributed by atoms with E-state index in [1.165, 1.54) is 36.4 Å². The maximum absolute atomic E-state index is 14.2. The van der Waals surface area contributed by atoms with Crippen molar-refractivity contribution < 1.29 is 53.7 Å². The number of aliphatic carboxylic acids is 1. The number of phenols is 2. The van der Waals surface area contributed by atoms with Crippen molar-refractivity contribution in [3.63, 3.8) is 0 Å². The third-order valence-corrected chi connectivity index (χ3v) is 12.6. The van der Waals surface area contributed by atoms with Crippen molar-refractivity contribution >= 4 is 53.0 Å². The molecule has 22 heteroatoms. The van der Waals surface area contributed by atoms with Crippen molar-refractivity contribution in [3.8, 4) is 11.5 Å². The highest BCUT2D eigenvalue weighted by Gasteiger charge is 2.33. The van der Waals surface area contributed by atoms with Gasteiger partial charge in [-0.3, -0.25) is 43.2 Å². The molecular formula is C57H69N9O13. The third kappa shape index (κ3) is 19.6. The molecule has 0 aliphatic rings. The Labute approximate surface area is 456 Å². The van der Waals surface area contributed by atoms with Crippen LogP contribution < -0.4 is 59.1 Å². The second kappa shape index (κ2) is 29.6. The van der Waals surface area contributed by atoms with Crippen LogP contribution in [0.4, 0.5) is 5.69 Å². The highest BCUT2D eigenvalue weighted by Crippen LogP contribution is 2.15. The first kappa shape index (κ1) is 60.9. The van der Waals surface area contributed by atoms with E-state index in [9.17, 15) is 63.3 Å². The van der Waals surface area contributed by atoms with Gasteiger partial charge in [0.25, 0.3) is 0 Å². The molecule has 0 fully saturated rings. The maximum Gasteiger partial charge on any atom is 0.326 e. The molecule has 0 heterocycles. The number of anilines is 1. The summed E-state index contributed by atoms with van der Waals surface area (Å²) in [5.41, 5.74) is 6.11. The molecule has 0 aliphatic carbocycles. The lowest BCUT2D eigenvalue weighted by molar-refractivity contribution is -0.142. The van der Waals surface area contributed by atoms with Gasteiger partial charge in [0.15, 0.2) is 0 Å². The van der Waals surface area contributed by atoms with Gasteiger partial charge in [-0.25, -0.2) is 4.79 Å². The van der Waals surface area contributed by atoms with Crippen molar-refractivity contribution in [2.75, 3.05) is 18.4 Å². The van der Waals surface area contributed by atoms with Crippen LogP contribution in [0.5, 0.6) is 11.5 Å². The van der Waals surface area contributed by atoms with E-state index in [-0.39, 0.29) is 73.1 Å². The summed E-state index contributed by atoms with van der Waals surface area (Å²) in [6, 6.07) is 21.9. The minimum Gasteiger partial charge on any atom is -0.508 e. The first-order chi connectivity index (χ1) is 37.6. The molecule has 0 unspecified atom stereocenters. The first-order valence-electron chi connectivity index (χ1n) is 25.8. The number of carboxylic acid groups (broad SMARTS) is 1. The Morgan fingerprint density at radius 2 is 0.861 bits per heavy atom. The van der Waals surface area contributed by atoms with Gasteiger partial charge in [0.05, 0.1) is 30.4 Å². The van der Waals surface area contributed by atoms with Crippen molar-refractivity contribution in [2.24, 2.45) is 17.6 Å². The van der Waals surface area contributed by atoms with Gasteiger partial charge in [0, 0.05) is 25.8 Å². The predicted molar refractivity (Wildman–Crippen MR) is 293 cm³/mol. The Balaban J connectivity index is 1.25. The largest absolute Gasteiger partial charge is 0.508 e. The summed E-state index contributed by atoms with van der Waals surface area (Å²) in [4.78, 5) is 133. The van der Waals surface area contributed by atoms with Crippen molar-refractivity contribution in [3.05, 3.63) is 157 Å². The molecule has 0 spiro atoms. The summed E-state index contributed by atoms with van der Waals surface area (Å²) in [5.74, 6) is -6.77. The zero-order valence-corrected chi connectivity index (χ0v) is 44.4. The summed E-state index contributed by atoms with van der Waals surface area (Å²) < 4.78 is 0. The van der Waals surface area contributed by atoms with Crippen LogP contribution in [0, 0.1) is 11.8 Å². The highest BCUT2D eigenvalue weighted by molar-refractivity contribution is 5.96. The standard InChI is InChI=1S/C57H69N9O13/c1-32(2)23-42(54(75)65-45(27-35-13-9-6-10-14-35)56(77)66-46(57(78)79)24-33(3)4)64-55(76)44(26-34-11-7-5-8-12-34)63-47(69)30-59-49-40(50(71)51(49)72)29-60-53(74)43(28-37-17-21-39(68)22-18-37)62-48(70)31-61-52(73)41(58)25-36-15-19-38(67)20-16-36/h5-22,32-33,41-46,59,67-68H,23-31,58H2,1-4H3,(H,60,74)(H,61,73)(H,62,70)(H,63,69)(H,64,76)(H,65,75)(H,66,77)(H,78,79)/t41-,42-,43-,44-,45-,46-/m0/s1. The zero-order chi connectivity index (χ0) is 57.8. The number of carbonyl (C=O) groups excluding carboxylic acids is 7. The fourth-order valence-electron chi connectivity index (χ4n) is 8.44. The number of carbonyl (C=O) groups is 8. The average Bonchev–Trinajstić information content (AvgIpc) is 3.44. The van der Waals surface area contributed by atoms with Crippen LogP contribution in [-0.4, -0.2) is 112 Å². The molecule has 0 saturated carbocycles. The Bertz CT molecular complexity index is 2960. The molecule has 5 rings (SSSR count). The molecule has 0 bridgehead atoms. The van der Waals surface area contributed by atoms with Crippen LogP contribution in [0.1, 0.15) is 68.4 Å². The molecule has 5 aromatic rings. The smallest absolute Gasteiger partial charge is 0.326 e. The van der Waals surface area contributed by atoms with Gasteiger partial charge >= 0.3 is 5.97 Å². The number of nitrogens with one attached hydrogen (secondary N) is 8. The molecule has 0 saturated heterocycles. The minimum atomic E-state index is -1.31. The minimum absolute atomic E-state index is 0.00306. The van der Waals surface area contributed by atoms with Gasteiger partial charge in [-0.15, -0.1) is 0 Å². The number of benzene rings is 4. The number of amides is 7. The first-order valence-corrected chi connectivity index (χ1v) is 25.8. The molecule has 5 aromatic carbocycles. The number of hydrogen-bond acceptors (Lipinski definition) is 14. The highest BCUT2D eigenvalue weighted by atomic mass is 16.4. The van der Waals surface area contributed by atoms with E-state index in [2.05, 4.69) is 42.5 Å². The summed E-state index contributed by atoms with van der Waals surface area (Å²) >= 11 is 0. The van der Waals surface area contributed by atoms with Gasteiger partial charge in [-0.1, -0.05) is 113 Å². The molecule has 79 heavy (non-hydrogen) atoms. The van der Waals surface area contributed by atoms with Crippen molar-refractivity contribution in [1.82, 2.24) is 37.2 Å². The third-order valence-electron chi connectivity index (χ3n) is 12.6. The Morgan fingerprint density at radius 1 is 0.456 bits per heavy atom.